The van der Waals surface area contributed by atoms with Crippen molar-refractivity contribution in [1.29, 1.82) is 0 Å². The number of hydrogen-bond donors (Lipinski definition) is 0. The molecule has 0 fully saturated rings. The Morgan fingerprint density at radius 3 is 2.87 bits per heavy atom. The maximum atomic E-state index is 11.1. The third-order valence-electron chi connectivity index (χ3n) is 1.95. The second-order valence-corrected chi connectivity index (χ2v) is 3.07. The Balaban J connectivity index is 2.53. The van der Waals surface area contributed by atoms with Crippen molar-refractivity contribution in [2.75, 3.05) is 6.61 Å². The molecule has 6 nitrogen and oxygen atoms in total. The van der Waals surface area contributed by atoms with Crippen LogP contribution in [0.15, 0.2) is 16.8 Å². The van der Waals surface area contributed by atoms with E-state index in [9.17, 15) is 14.9 Å². The fraction of sp³-hybridized carbons (Fsp3) is 0.556. The molecule has 6 heteroatoms. The van der Waals surface area contributed by atoms with Gasteiger partial charge in [-0.05, 0) is 23.8 Å². The van der Waals surface area contributed by atoms with Gasteiger partial charge in [-0.2, -0.15) is 0 Å². The SMILES string of the molecule is CCOC(=O)CC1=CN=C([N+](=O)[O-])CC1. The topological polar surface area (TPSA) is 81.8 Å². The minimum Gasteiger partial charge on any atom is -0.466 e. The number of ether oxygens (including phenoxy) is 1. The fourth-order valence-electron chi connectivity index (χ4n) is 1.24. The van der Waals surface area contributed by atoms with Crippen LogP contribution in [0.4, 0.5) is 0 Å². The number of hydrogen-bond acceptors (Lipinski definition) is 5. The van der Waals surface area contributed by atoms with Gasteiger partial charge < -0.3 is 14.9 Å². The van der Waals surface area contributed by atoms with Crippen LogP contribution in [0.1, 0.15) is 26.2 Å². The van der Waals surface area contributed by atoms with E-state index in [-0.39, 0.29) is 24.6 Å². The lowest BCUT2D eigenvalue weighted by Gasteiger charge is -2.07. The van der Waals surface area contributed by atoms with Gasteiger partial charge in [-0.15, -0.1) is 0 Å². The Labute approximate surface area is 86.8 Å². The van der Waals surface area contributed by atoms with Crippen LogP contribution in [0.3, 0.4) is 0 Å². The van der Waals surface area contributed by atoms with E-state index in [0.717, 1.165) is 5.57 Å². The molecule has 0 aromatic carbocycles. The smallest absolute Gasteiger partial charge is 0.339 e. The number of nitro groups is 1. The summed E-state index contributed by atoms with van der Waals surface area (Å²) in [6.07, 6.45) is 2.33. The summed E-state index contributed by atoms with van der Waals surface area (Å²) in [5.74, 6) is -0.369. The summed E-state index contributed by atoms with van der Waals surface area (Å²) >= 11 is 0. The van der Waals surface area contributed by atoms with Crippen LogP contribution in [0.2, 0.25) is 0 Å². The van der Waals surface area contributed by atoms with E-state index in [4.69, 9.17) is 4.74 Å². The maximum Gasteiger partial charge on any atom is 0.339 e. The predicted molar refractivity (Wildman–Crippen MR) is 53.0 cm³/mol. The van der Waals surface area contributed by atoms with Crippen molar-refractivity contribution in [1.82, 2.24) is 0 Å². The van der Waals surface area contributed by atoms with Crippen LogP contribution in [0.5, 0.6) is 0 Å². The molecule has 0 aromatic heterocycles. The standard InChI is InChI=1S/C9H12N2O4/c1-2-15-9(12)5-7-3-4-8(10-6-7)11(13)14/h6H,2-5H2,1H3. The molecule has 0 radical (unpaired) electrons. The number of rotatable bonds is 3. The van der Waals surface area contributed by atoms with Crippen molar-refractivity contribution in [3.05, 3.63) is 21.9 Å². The van der Waals surface area contributed by atoms with Gasteiger partial charge in [0.25, 0.3) is 0 Å². The maximum absolute atomic E-state index is 11.1. The van der Waals surface area contributed by atoms with Gasteiger partial charge in [0.15, 0.2) is 0 Å². The molecule has 0 saturated carbocycles. The predicted octanol–water partition coefficient (Wildman–Crippen LogP) is 1.29. The van der Waals surface area contributed by atoms with Crippen molar-refractivity contribution in [2.45, 2.75) is 26.2 Å². The summed E-state index contributed by atoms with van der Waals surface area (Å²) in [6.45, 7) is 2.08. The van der Waals surface area contributed by atoms with E-state index >= 15 is 0 Å². The van der Waals surface area contributed by atoms with E-state index in [1.807, 2.05) is 0 Å². The lowest BCUT2D eigenvalue weighted by atomic mass is 10.1. The molecule has 0 aromatic rings. The number of nitrogens with zero attached hydrogens (tertiary/aromatic N) is 2. The molecule has 1 aliphatic rings. The van der Waals surface area contributed by atoms with Crippen LogP contribution in [0, 0.1) is 10.1 Å². The quantitative estimate of drug-likeness (QED) is 0.401. The summed E-state index contributed by atoms with van der Waals surface area (Å²) in [4.78, 5) is 24.6. The normalized spacial score (nSPS) is 15.3. The highest BCUT2D eigenvalue weighted by atomic mass is 16.6. The third-order valence-corrected chi connectivity index (χ3v) is 1.95. The average molecular weight is 212 g/mol. The first kappa shape index (κ1) is 11.4. The molecule has 0 N–H and O–H groups in total. The highest BCUT2D eigenvalue weighted by Gasteiger charge is 2.19. The second-order valence-electron chi connectivity index (χ2n) is 3.07. The molecule has 1 rings (SSSR count). The Morgan fingerprint density at radius 1 is 1.67 bits per heavy atom. The molecule has 0 unspecified atom stereocenters. The summed E-state index contributed by atoms with van der Waals surface area (Å²) in [7, 11) is 0. The van der Waals surface area contributed by atoms with Crippen LogP contribution in [0.25, 0.3) is 0 Å². The number of amidine groups is 1. The molecule has 1 heterocycles. The monoisotopic (exact) mass is 212 g/mol. The van der Waals surface area contributed by atoms with Crippen LogP contribution in [-0.4, -0.2) is 23.3 Å². The molecule has 0 spiro atoms. The first-order chi connectivity index (χ1) is 7.13. The Hall–Kier alpha value is -1.72. The average Bonchev–Trinajstić information content (AvgIpc) is 2.18. The van der Waals surface area contributed by atoms with E-state index in [0.29, 0.717) is 13.0 Å². The Bertz CT molecular complexity index is 333. The van der Waals surface area contributed by atoms with Gasteiger partial charge in [0, 0.05) is 0 Å². The zero-order valence-corrected chi connectivity index (χ0v) is 8.43. The summed E-state index contributed by atoms with van der Waals surface area (Å²) in [5, 5.41) is 10.3. The van der Waals surface area contributed by atoms with Gasteiger partial charge in [-0.3, -0.25) is 4.79 Å². The summed E-state index contributed by atoms with van der Waals surface area (Å²) in [5.41, 5.74) is 0.777. The lowest BCUT2D eigenvalue weighted by molar-refractivity contribution is -0.353. The molecule has 0 amide bonds. The van der Waals surface area contributed by atoms with Crippen molar-refractivity contribution >= 4 is 11.8 Å². The molecule has 15 heavy (non-hydrogen) atoms. The number of aliphatic imine (C=N–C) groups is 1. The summed E-state index contributed by atoms with van der Waals surface area (Å²) in [6, 6.07) is 0. The Kier molecular flexibility index (Phi) is 3.96. The molecule has 1 aliphatic heterocycles. The molecular weight excluding hydrogens is 200 g/mol. The molecular formula is C9H12N2O4. The van der Waals surface area contributed by atoms with Gasteiger partial charge in [0.05, 0.1) is 19.4 Å². The fourth-order valence-corrected chi connectivity index (χ4v) is 1.24. The Morgan fingerprint density at radius 2 is 2.40 bits per heavy atom. The minimum absolute atomic E-state index is 0.0531. The van der Waals surface area contributed by atoms with Gasteiger partial charge in [0.1, 0.15) is 6.20 Å². The van der Waals surface area contributed by atoms with Crippen LogP contribution >= 0.6 is 0 Å². The zero-order chi connectivity index (χ0) is 11.3. The second kappa shape index (κ2) is 5.23. The largest absolute Gasteiger partial charge is 0.466 e. The van der Waals surface area contributed by atoms with E-state index in [2.05, 4.69) is 4.99 Å². The van der Waals surface area contributed by atoms with Gasteiger partial charge >= 0.3 is 11.8 Å². The van der Waals surface area contributed by atoms with Crippen LogP contribution in [-0.2, 0) is 9.53 Å². The molecule has 0 aliphatic carbocycles. The van der Waals surface area contributed by atoms with Crippen molar-refractivity contribution in [2.24, 2.45) is 4.99 Å². The van der Waals surface area contributed by atoms with Crippen molar-refractivity contribution < 1.29 is 14.5 Å². The first-order valence-corrected chi connectivity index (χ1v) is 4.68. The van der Waals surface area contributed by atoms with Gasteiger partial charge in [-0.25, -0.2) is 0 Å². The summed E-state index contributed by atoms with van der Waals surface area (Å²) < 4.78 is 4.76. The minimum atomic E-state index is -0.502. The highest BCUT2D eigenvalue weighted by Crippen LogP contribution is 2.16. The molecule has 0 bridgehead atoms. The van der Waals surface area contributed by atoms with Crippen molar-refractivity contribution in [3.8, 4) is 0 Å². The van der Waals surface area contributed by atoms with Crippen molar-refractivity contribution in [3.63, 3.8) is 0 Å². The molecule has 0 saturated heterocycles. The number of esters is 1. The zero-order valence-electron chi connectivity index (χ0n) is 8.43. The lowest BCUT2D eigenvalue weighted by Crippen LogP contribution is -2.15. The van der Waals surface area contributed by atoms with E-state index in [1.54, 1.807) is 6.92 Å². The van der Waals surface area contributed by atoms with E-state index < -0.39 is 4.92 Å². The third kappa shape index (κ3) is 3.49. The number of carbonyl (C=O) groups excluding carboxylic acids is 1. The van der Waals surface area contributed by atoms with Gasteiger partial charge in [-0.1, -0.05) is 4.99 Å². The molecule has 0 atom stereocenters. The van der Waals surface area contributed by atoms with Gasteiger partial charge in [0.2, 0.25) is 0 Å². The number of carbonyl (C=O) groups is 1. The first-order valence-electron chi connectivity index (χ1n) is 4.68. The van der Waals surface area contributed by atoms with E-state index in [1.165, 1.54) is 6.20 Å². The molecule has 82 valence electrons. The van der Waals surface area contributed by atoms with Crippen LogP contribution < -0.4 is 0 Å². The highest BCUT2D eigenvalue weighted by molar-refractivity contribution is 5.77.